The number of hydrogen-bond donors (Lipinski definition) is 1. The zero-order valence-electron chi connectivity index (χ0n) is 12.9. The standard InChI is InChI=1S/C17H22BrN3/c1-4-19-10-15-9-16(18)11-20-17(15)21(3)12-14-7-5-6-13(2)8-14/h5-9,11,19H,4,10,12H2,1-3H3. The van der Waals surface area contributed by atoms with Crippen LogP contribution >= 0.6 is 15.9 Å². The van der Waals surface area contributed by atoms with E-state index in [-0.39, 0.29) is 0 Å². The lowest BCUT2D eigenvalue weighted by atomic mass is 10.1. The molecule has 0 fully saturated rings. The number of anilines is 1. The highest BCUT2D eigenvalue weighted by Gasteiger charge is 2.10. The third-order valence-corrected chi connectivity index (χ3v) is 3.77. The molecule has 0 aliphatic heterocycles. The van der Waals surface area contributed by atoms with E-state index in [1.54, 1.807) is 0 Å². The molecule has 112 valence electrons. The minimum Gasteiger partial charge on any atom is -0.355 e. The zero-order chi connectivity index (χ0) is 15.2. The van der Waals surface area contributed by atoms with E-state index in [1.165, 1.54) is 16.7 Å². The van der Waals surface area contributed by atoms with E-state index in [0.29, 0.717) is 0 Å². The maximum Gasteiger partial charge on any atom is 0.133 e. The van der Waals surface area contributed by atoms with Crippen LogP contribution in [-0.4, -0.2) is 18.6 Å². The molecule has 0 radical (unpaired) electrons. The van der Waals surface area contributed by atoms with Gasteiger partial charge in [0.05, 0.1) is 0 Å². The van der Waals surface area contributed by atoms with Crippen molar-refractivity contribution in [3.8, 4) is 0 Å². The molecule has 1 aromatic heterocycles. The molecule has 2 aromatic rings. The minimum absolute atomic E-state index is 0.830. The van der Waals surface area contributed by atoms with Crippen molar-refractivity contribution in [1.82, 2.24) is 10.3 Å². The Morgan fingerprint density at radius 3 is 2.81 bits per heavy atom. The summed E-state index contributed by atoms with van der Waals surface area (Å²) < 4.78 is 1.02. The van der Waals surface area contributed by atoms with Crippen molar-refractivity contribution in [2.24, 2.45) is 0 Å². The molecule has 3 nitrogen and oxygen atoms in total. The fourth-order valence-corrected chi connectivity index (χ4v) is 2.75. The fourth-order valence-electron chi connectivity index (χ4n) is 2.37. The molecule has 1 N–H and O–H groups in total. The second-order valence-corrected chi connectivity index (χ2v) is 6.18. The first-order valence-corrected chi connectivity index (χ1v) is 8.01. The number of nitrogens with zero attached hydrogens (tertiary/aromatic N) is 2. The summed E-state index contributed by atoms with van der Waals surface area (Å²) in [6.07, 6.45) is 1.86. The number of aromatic nitrogens is 1. The van der Waals surface area contributed by atoms with E-state index in [9.17, 15) is 0 Å². The van der Waals surface area contributed by atoms with Gasteiger partial charge in [-0.2, -0.15) is 0 Å². The average molecular weight is 348 g/mol. The summed E-state index contributed by atoms with van der Waals surface area (Å²) in [6, 6.07) is 10.7. The van der Waals surface area contributed by atoms with E-state index in [0.717, 1.165) is 29.9 Å². The van der Waals surface area contributed by atoms with Gasteiger partial charge in [0.2, 0.25) is 0 Å². The number of halogens is 1. The highest BCUT2D eigenvalue weighted by molar-refractivity contribution is 9.10. The predicted molar refractivity (Wildman–Crippen MR) is 92.6 cm³/mol. The monoisotopic (exact) mass is 347 g/mol. The van der Waals surface area contributed by atoms with Gasteiger partial charge in [0, 0.05) is 36.4 Å². The number of nitrogens with one attached hydrogen (secondary N) is 1. The first kappa shape index (κ1) is 16.0. The molecular weight excluding hydrogens is 326 g/mol. The number of hydrogen-bond acceptors (Lipinski definition) is 3. The maximum absolute atomic E-state index is 4.59. The van der Waals surface area contributed by atoms with Crippen molar-refractivity contribution in [3.05, 3.63) is 57.7 Å². The SMILES string of the molecule is CCNCc1cc(Br)cnc1N(C)Cc1cccc(C)c1. The van der Waals surface area contributed by atoms with E-state index in [1.807, 2.05) is 6.20 Å². The normalized spacial score (nSPS) is 10.7. The molecular formula is C17H22BrN3. The summed E-state index contributed by atoms with van der Waals surface area (Å²) in [7, 11) is 2.09. The quantitative estimate of drug-likeness (QED) is 0.858. The smallest absolute Gasteiger partial charge is 0.133 e. The summed E-state index contributed by atoms with van der Waals surface area (Å²) in [4.78, 5) is 6.79. The van der Waals surface area contributed by atoms with Gasteiger partial charge in [-0.1, -0.05) is 36.8 Å². The van der Waals surface area contributed by atoms with Crippen LogP contribution in [0.25, 0.3) is 0 Å². The highest BCUT2D eigenvalue weighted by Crippen LogP contribution is 2.22. The van der Waals surface area contributed by atoms with Crippen LogP contribution < -0.4 is 10.2 Å². The lowest BCUT2D eigenvalue weighted by Gasteiger charge is -2.22. The lowest BCUT2D eigenvalue weighted by molar-refractivity contribution is 0.718. The van der Waals surface area contributed by atoms with Gasteiger partial charge in [-0.15, -0.1) is 0 Å². The van der Waals surface area contributed by atoms with Crippen LogP contribution in [-0.2, 0) is 13.1 Å². The Hall–Kier alpha value is -1.39. The Kier molecular flexibility index (Phi) is 5.76. The molecule has 0 aliphatic carbocycles. The second kappa shape index (κ2) is 7.57. The van der Waals surface area contributed by atoms with E-state index < -0.39 is 0 Å². The molecule has 0 unspecified atom stereocenters. The van der Waals surface area contributed by atoms with E-state index in [2.05, 4.69) is 82.4 Å². The predicted octanol–water partition coefficient (Wildman–Crippen LogP) is 3.90. The molecule has 0 amide bonds. The Labute approximate surface area is 135 Å². The van der Waals surface area contributed by atoms with Crippen molar-refractivity contribution in [2.75, 3.05) is 18.5 Å². The molecule has 0 aliphatic rings. The van der Waals surface area contributed by atoms with Crippen LogP contribution in [0.3, 0.4) is 0 Å². The molecule has 21 heavy (non-hydrogen) atoms. The summed E-state index contributed by atoms with van der Waals surface area (Å²) in [6.45, 7) is 6.87. The van der Waals surface area contributed by atoms with Crippen molar-refractivity contribution < 1.29 is 0 Å². The first-order valence-electron chi connectivity index (χ1n) is 7.22. The van der Waals surface area contributed by atoms with Gasteiger partial charge in [0.1, 0.15) is 5.82 Å². The Balaban J connectivity index is 2.19. The Bertz CT molecular complexity index is 598. The number of benzene rings is 1. The molecule has 0 saturated carbocycles. The second-order valence-electron chi connectivity index (χ2n) is 5.26. The van der Waals surface area contributed by atoms with Crippen molar-refractivity contribution in [1.29, 1.82) is 0 Å². The maximum atomic E-state index is 4.59. The average Bonchev–Trinajstić information content (AvgIpc) is 2.45. The summed E-state index contributed by atoms with van der Waals surface area (Å²) in [5.41, 5.74) is 3.80. The first-order chi connectivity index (χ1) is 10.1. The third-order valence-electron chi connectivity index (χ3n) is 3.34. The van der Waals surface area contributed by atoms with Gasteiger partial charge in [0.15, 0.2) is 0 Å². The fraction of sp³-hybridized carbons (Fsp3) is 0.353. The van der Waals surface area contributed by atoms with Crippen LogP contribution in [0, 0.1) is 6.92 Å². The topological polar surface area (TPSA) is 28.2 Å². The van der Waals surface area contributed by atoms with Crippen molar-refractivity contribution >= 4 is 21.7 Å². The van der Waals surface area contributed by atoms with Gasteiger partial charge < -0.3 is 10.2 Å². The van der Waals surface area contributed by atoms with Gasteiger partial charge in [0.25, 0.3) is 0 Å². The third kappa shape index (κ3) is 4.55. The molecule has 4 heteroatoms. The molecule has 0 bridgehead atoms. The van der Waals surface area contributed by atoms with Crippen molar-refractivity contribution in [3.63, 3.8) is 0 Å². The van der Waals surface area contributed by atoms with Crippen LogP contribution in [0.15, 0.2) is 41.0 Å². The number of pyridine rings is 1. The largest absolute Gasteiger partial charge is 0.355 e. The van der Waals surface area contributed by atoms with Gasteiger partial charge in [-0.25, -0.2) is 4.98 Å². The van der Waals surface area contributed by atoms with Crippen molar-refractivity contribution in [2.45, 2.75) is 26.9 Å². The number of rotatable bonds is 6. The molecule has 2 rings (SSSR count). The van der Waals surface area contributed by atoms with Crippen LogP contribution in [0.2, 0.25) is 0 Å². The molecule has 0 atom stereocenters. The van der Waals surface area contributed by atoms with Gasteiger partial charge >= 0.3 is 0 Å². The summed E-state index contributed by atoms with van der Waals surface area (Å²) in [5, 5.41) is 3.37. The highest BCUT2D eigenvalue weighted by atomic mass is 79.9. The van der Waals surface area contributed by atoms with Crippen LogP contribution in [0.4, 0.5) is 5.82 Å². The van der Waals surface area contributed by atoms with E-state index in [4.69, 9.17) is 0 Å². The number of aryl methyl sites for hydroxylation is 1. The van der Waals surface area contributed by atoms with Gasteiger partial charge in [-0.05, 0) is 41.0 Å². The lowest BCUT2D eigenvalue weighted by Crippen LogP contribution is -2.22. The summed E-state index contributed by atoms with van der Waals surface area (Å²) in [5.74, 6) is 1.03. The molecule has 1 aromatic carbocycles. The minimum atomic E-state index is 0.830. The van der Waals surface area contributed by atoms with E-state index >= 15 is 0 Å². The Morgan fingerprint density at radius 2 is 2.10 bits per heavy atom. The van der Waals surface area contributed by atoms with Crippen LogP contribution in [0.5, 0.6) is 0 Å². The molecule has 0 spiro atoms. The van der Waals surface area contributed by atoms with Crippen LogP contribution in [0.1, 0.15) is 23.6 Å². The molecule has 0 saturated heterocycles. The zero-order valence-corrected chi connectivity index (χ0v) is 14.4. The molecule has 1 heterocycles. The van der Waals surface area contributed by atoms with Gasteiger partial charge in [-0.3, -0.25) is 0 Å². The summed E-state index contributed by atoms with van der Waals surface area (Å²) >= 11 is 3.50. The Morgan fingerprint density at radius 1 is 1.29 bits per heavy atom.